The lowest BCUT2D eigenvalue weighted by atomic mass is 9.87. The van der Waals surface area contributed by atoms with Crippen LogP contribution < -0.4 is 10.6 Å². The van der Waals surface area contributed by atoms with Crippen LogP contribution in [0.2, 0.25) is 0 Å². The maximum atomic E-state index is 11.9. The molecule has 2 amide bonds. The Bertz CT molecular complexity index is 474. The number of carbonyl (C=O) groups is 2. The highest BCUT2D eigenvalue weighted by Crippen LogP contribution is 2.23. The van der Waals surface area contributed by atoms with E-state index < -0.39 is 0 Å². The molecule has 0 unspecified atom stereocenters. The summed E-state index contributed by atoms with van der Waals surface area (Å²) in [5.41, 5.74) is 1.36. The average molecular weight is 274 g/mol. The zero-order valence-electron chi connectivity index (χ0n) is 12.1. The molecule has 108 valence electrons. The summed E-state index contributed by atoms with van der Waals surface area (Å²) in [5, 5.41) is 5.81. The van der Waals surface area contributed by atoms with Crippen molar-refractivity contribution in [3.05, 3.63) is 29.8 Å². The molecular weight excluding hydrogens is 252 g/mol. The van der Waals surface area contributed by atoms with Crippen molar-refractivity contribution in [2.24, 2.45) is 5.92 Å². The molecule has 2 N–H and O–H groups in total. The quantitative estimate of drug-likeness (QED) is 0.827. The summed E-state index contributed by atoms with van der Waals surface area (Å²) in [5.74, 6) is 0.799. The second-order valence-corrected chi connectivity index (χ2v) is 5.69. The van der Waals surface area contributed by atoms with Gasteiger partial charge in [0.1, 0.15) is 0 Å². The second-order valence-electron chi connectivity index (χ2n) is 5.69. The van der Waals surface area contributed by atoms with Gasteiger partial charge in [0, 0.05) is 17.3 Å². The van der Waals surface area contributed by atoms with E-state index in [-0.39, 0.29) is 17.9 Å². The maximum absolute atomic E-state index is 11.9. The SMILES string of the molecule is CC(=O)c1ccc(NC(=O)NC2CCC(C)CC2)cc1. The highest BCUT2D eigenvalue weighted by molar-refractivity contribution is 5.95. The highest BCUT2D eigenvalue weighted by atomic mass is 16.2. The number of amides is 2. The van der Waals surface area contributed by atoms with Crippen LogP contribution in [0, 0.1) is 5.92 Å². The van der Waals surface area contributed by atoms with E-state index in [0.717, 1.165) is 18.8 Å². The van der Waals surface area contributed by atoms with E-state index in [0.29, 0.717) is 11.3 Å². The number of rotatable bonds is 3. The van der Waals surface area contributed by atoms with Crippen LogP contribution in [0.25, 0.3) is 0 Å². The first-order valence-electron chi connectivity index (χ1n) is 7.23. The molecule has 0 saturated heterocycles. The molecule has 0 heterocycles. The van der Waals surface area contributed by atoms with Gasteiger partial charge in [0.25, 0.3) is 0 Å². The Kier molecular flexibility index (Phi) is 4.77. The number of urea groups is 1. The first-order chi connectivity index (χ1) is 9.54. The summed E-state index contributed by atoms with van der Waals surface area (Å²) in [6, 6.07) is 7.06. The van der Waals surface area contributed by atoms with Gasteiger partial charge in [-0.3, -0.25) is 4.79 Å². The lowest BCUT2D eigenvalue weighted by molar-refractivity contribution is 0.101. The van der Waals surface area contributed by atoms with Crippen molar-refractivity contribution < 1.29 is 9.59 Å². The van der Waals surface area contributed by atoms with Crippen molar-refractivity contribution in [1.82, 2.24) is 5.32 Å². The normalized spacial score (nSPS) is 22.1. The van der Waals surface area contributed by atoms with Gasteiger partial charge in [-0.25, -0.2) is 4.79 Å². The zero-order valence-corrected chi connectivity index (χ0v) is 12.1. The molecule has 0 radical (unpaired) electrons. The standard InChI is InChI=1S/C16H22N2O2/c1-11-3-7-14(8-4-11)17-16(20)18-15-9-5-13(6-10-15)12(2)19/h5-6,9-11,14H,3-4,7-8H2,1-2H3,(H2,17,18,20). The minimum atomic E-state index is -0.167. The molecule has 1 aromatic rings. The van der Waals surface area contributed by atoms with Crippen LogP contribution in [-0.2, 0) is 0 Å². The number of carbonyl (C=O) groups excluding carboxylic acids is 2. The molecule has 1 aliphatic rings. The van der Waals surface area contributed by atoms with Crippen molar-refractivity contribution in [2.45, 2.75) is 45.6 Å². The Morgan fingerprint density at radius 1 is 1.05 bits per heavy atom. The van der Waals surface area contributed by atoms with Gasteiger partial charge in [-0.1, -0.05) is 6.92 Å². The Morgan fingerprint density at radius 2 is 1.65 bits per heavy atom. The number of hydrogen-bond acceptors (Lipinski definition) is 2. The van der Waals surface area contributed by atoms with Crippen LogP contribution in [0.3, 0.4) is 0 Å². The minimum absolute atomic E-state index is 0.0253. The van der Waals surface area contributed by atoms with Crippen LogP contribution in [-0.4, -0.2) is 17.9 Å². The molecule has 4 heteroatoms. The van der Waals surface area contributed by atoms with E-state index in [9.17, 15) is 9.59 Å². The Labute approximate surface area is 119 Å². The van der Waals surface area contributed by atoms with Gasteiger partial charge < -0.3 is 10.6 Å². The van der Waals surface area contributed by atoms with E-state index in [1.807, 2.05) is 0 Å². The number of ketones is 1. The molecule has 2 rings (SSSR count). The number of nitrogens with one attached hydrogen (secondary N) is 2. The summed E-state index contributed by atoms with van der Waals surface area (Å²) in [7, 11) is 0. The fourth-order valence-corrected chi connectivity index (χ4v) is 2.55. The molecule has 0 aromatic heterocycles. The fourth-order valence-electron chi connectivity index (χ4n) is 2.55. The Balaban J connectivity index is 1.83. The van der Waals surface area contributed by atoms with Crippen LogP contribution >= 0.6 is 0 Å². The number of benzene rings is 1. The van der Waals surface area contributed by atoms with Gasteiger partial charge in [0.2, 0.25) is 0 Å². The first kappa shape index (κ1) is 14.6. The lowest BCUT2D eigenvalue weighted by Crippen LogP contribution is -2.39. The Hall–Kier alpha value is -1.84. The minimum Gasteiger partial charge on any atom is -0.335 e. The third kappa shape index (κ3) is 4.08. The summed E-state index contributed by atoms with van der Waals surface area (Å²) < 4.78 is 0. The summed E-state index contributed by atoms with van der Waals surface area (Å²) in [6.07, 6.45) is 4.46. The van der Waals surface area contributed by atoms with Crippen LogP contribution in [0.5, 0.6) is 0 Å². The third-order valence-corrected chi connectivity index (χ3v) is 3.90. The third-order valence-electron chi connectivity index (χ3n) is 3.90. The molecule has 20 heavy (non-hydrogen) atoms. The predicted molar refractivity (Wildman–Crippen MR) is 80.0 cm³/mol. The van der Waals surface area contributed by atoms with E-state index in [1.54, 1.807) is 24.3 Å². The van der Waals surface area contributed by atoms with Crippen molar-refractivity contribution in [1.29, 1.82) is 0 Å². The van der Waals surface area contributed by atoms with Crippen molar-refractivity contribution in [2.75, 3.05) is 5.32 Å². The topological polar surface area (TPSA) is 58.2 Å². The zero-order chi connectivity index (χ0) is 14.5. The molecule has 0 bridgehead atoms. The summed E-state index contributed by atoms with van der Waals surface area (Å²) in [6.45, 7) is 3.78. The van der Waals surface area contributed by atoms with Crippen LogP contribution in [0.15, 0.2) is 24.3 Å². The number of hydrogen-bond donors (Lipinski definition) is 2. The van der Waals surface area contributed by atoms with Crippen molar-refractivity contribution >= 4 is 17.5 Å². The second kappa shape index (κ2) is 6.55. The van der Waals surface area contributed by atoms with E-state index in [1.165, 1.54) is 19.8 Å². The van der Waals surface area contributed by atoms with Gasteiger partial charge in [-0.2, -0.15) is 0 Å². The molecule has 0 atom stereocenters. The Morgan fingerprint density at radius 3 is 2.20 bits per heavy atom. The molecule has 0 aliphatic heterocycles. The average Bonchev–Trinajstić information content (AvgIpc) is 2.42. The largest absolute Gasteiger partial charge is 0.335 e. The maximum Gasteiger partial charge on any atom is 0.319 e. The smallest absolute Gasteiger partial charge is 0.319 e. The van der Waals surface area contributed by atoms with Crippen molar-refractivity contribution in [3.8, 4) is 0 Å². The van der Waals surface area contributed by atoms with Gasteiger partial charge in [-0.15, -0.1) is 0 Å². The molecule has 1 fully saturated rings. The summed E-state index contributed by atoms with van der Waals surface area (Å²) in [4.78, 5) is 23.1. The van der Waals surface area contributed by atoms with Gasteiger partial charge in [0.05, 0.1) is 0 Å². The molecule has 1 saturated carbocycles. The molecule has 1 aliphatic carbocycles. The predicted octanol–water partition coefficient (Wildman–Crippen LogP) is 3.59. The van der Waals surface area contributed by atoms with Gasteiger partial charge in [0.15, 0.2) is 5.78 Å². The number of anilines is 1. The van der Waals surface area contributed by atoms with Crippen LogP contribution in [0.4, 0.5) is 10.5 Å². The lowest BCUT2D eigenvalue weighted by Gasteiger charge is -2.26. The van der Waals surface area contributed by atoms with E-state index in [2.05, 4.69) is 17.6 Å². The number of Topliss-reactive ketones (excluding diaryl/α,β-unsaturated/α-hetero) is 1. The van der Waals surface area contributed by atoms with E-state index in [4.69, 9.17) is 0 Å². The van der Waals surface area contributed by atoms with E-state index >= 15 is 0 Å². The van der Waals surface area contributed by atoms with Crippen LogP contribution in [0.1, 0.15) is 49.9 Å². The van der Waals surface area contributed by atoms with Crippen molar-refractivity contribution in [3.63, 3.8) is 0 Å². The van der Waals surface area contributed by atoms with Gasteiger partial charge >= 0.3 is 6.03 Å². The van der Waals surface area contributed by atoms with Gasteiger partial charge in [-0.05, 0) is 62.8 Å². The fraction of sp³-hybridized carbons (Fsp3) is 0.500. The molecule has 0 spiro atoms. The summed E-state index contributed by atoms with van der Waals surface area (Å²) >= 11 is 0. The molecule has 1 aromatic carbocycles. The highest BCUT2D eigenvalue weighted by Gasteiger charge is 2.19. The monoisotopic (exact) mass is 274 g/mol. The first-order valence-corrected chi connectivity index (χ1v) is 7.23. The molecule has 4 nitrogen and oxygen atoms in total. The molecular formula is C16H22N2O2.